The fourth-order valence-electron chi connectivity index (χ4n) is 3.12. The number of anilines is 1. The van der Waals surface area contributed by atoms with Crippen LogP contribution in [-0.2, 0) is 11.3 Å². The van der Waals surface area contributed by atoms with E-state index in [2.05, 4.69) is 15.6 Å². The van der Waals surface area contributed by atoms with E-state index in [0.29, 0.717) is 22.3 Å². The Morgan fingerprint density at radius 2 is 1.73 bits per heavy atom. The number of methoxy groups -OCH3 is 1. The van der Waals surface area contributed by atoms with E-state index in [0.717, 1.165) is 10.8 Å². The van der Waals surface area contributed by atoms with Gasteiger partial charge in [-0.1, -0.05) is 24.3 Å². The maximum atomic E-state index is 12.8. The van der Waals surface area contributed by atoms with Crippen molar-refractivity contribution in [3.05, 3.63) is 77.3 Å². The molecule has 8 nitrogen and oxygen atoms in total. The number of fused-ring (bicyclic) bond motifs is 2. The van der Waals surface area contributed by atoms with Crippen molar-refractivity contribution in [1.82, 2.24) is 14.9 Å². The lowest BCUT2D eigenvalue weighted by Gasteiger charge is -2.09. The van der Waals surface area contributed by atoms with Crippen LogP contribution in [0.1, 0.15) is 0 Å². The monoisotopic (exact) mass is 402 g/mol. The number of ether oxygens (including phenoxy) is 1. The molecule has 3 amide bonds. The third-order valence-corrected chi connectivity index (χ3v) is 4.61. The molecule has 0 bridgehead atoms. The lowest BCUT2D eigenvalue weighted by molar-refractivity contribution is -0.120. The second-order valence-electron chi connectivity index (χ2n) is 6.62. The van der Waals surface area contributed by atoms with Crippen LogP contribution in [0.5, 0.6) is 5.75 Å². The quantitative estimate of drug-likeness (QED) is 0.511. The molecule has 0 radical (unpaired) electrons. The van der Waals surface area contributed by atoms with Gasteiger partial charge in [0, 0.05) is 5.69 Å². The lowest BCUT2D eigenvalue weighted by Crippen LogP contribution is -2.38. The van der Waals surface area contributed by atoms with Crippen molar-refractivity contribution >= 4 is 39.3 Å². The third kappa shape index (κ3) is 3.97. The largest absolute Gasteiger partial charge is 0.497 e. The Morgan fingerprint density at radius 1 is 1.03 bits per heavy atom. The fourth-order valence-corrected chi connectivity index (χ4v) is 3.12. The van der Waals surface area contributed by atoms with Crippen molar-refractivity contribution < 1.29 is 14.3 Å². The maximum Gasteiger partial charge on any atom is 0.325 e. The Balaban J connectivity index is 1.48. The van der Waals surface area contributed by atoms with E-state index in [1.165, 1.54) is 10.9 Å². The second-order valence-corrected chi connectivity index (χ2v) is 6.62. The molecule has 0 aliphatic carbocycles. The summed E-state index contributed by atoms with van der Waals surface area (Å²) >= 11 is 0. The number of carbonyl (C=O) groups excluding carboxylic acids is 2. The van der Waals surface area contributed by atoms with E-state index in [-0.39, 0.29) is 12.1 Å². The summed E-state index contributed by atoms with van der Waals surface area (Å²) in [6.45, 7) is -0.329. The Kier molecular flexibility index (Phi) is 5.13. The summed E-state index contributed by atoms with van der Waals surface area (Å²) in [7, 11) is 1.54. The SMILES string of the molecule is COc1ccc(NC(=O)NC(=O)Cn2cnc3cc4ccccc4cc3c2=O)cc1. The number of benzene rings is 3. The Morgan fingerprint density at radius 3 is 2.43 bits per heavy atom. The second kappa shape index (κ2) is 8.04. The molecule has 4 rings (SSSR count). The molecule has 0 fully saturated rings. The summed E-state index contributed by atoms with van der Waals surface area (Å²) < 4.78 is 6.22. The Bertz CT molecular complexity index is 1310. The molecule has 3 aromatic carbocycles. The zero-order chi connectivity index (χ0) is 21.1. The first kappa shape index (κ1) is 19.1. The average molecular weight is 402 g/mol. The molecule has 8 heteroatoms. The minimum atomic E-state index is -0.696. The Labute approximate surface area is 171 Å². The summed E-state index contributed by atoms with van der Waals surface area (Å²) in [5.41, 5.74) is 0.696. The van der Waals surface area contributed by atoms with Gasteiger partial charge in [0.15, 0.2) is 0 Å². The smallest absolute Gasteiger partial charge is 0.325 e. The molecule has 4 aromatic rings. The number of urea groups is 1. The van der Waals surface area contributed by atoms with Gasteiger partial charge < -0.3 is 10.1 Å². The van der Waals surface area contributed by atoms with E-state index >= 15 is 0 Å². The number of nitrogens with zero attached hydrogens (tertiary/aromatic N) is 2. The molecule has 0 saturated carbocycles. The molecule has 2 N–H and O–H groups in total. The highest BCUT2D eigenvalue weighted by Gasteiger charge is 2.12. The van der Waals surface area contributed by atoms with E-state index in [9.17, 15) is 14.4 Å². The topological polar surface area (TPSA) is 102 Å². The molecule has 0 atom stereocenters. The molecule has 0 spiro atoms. The first-order valence-corrected chi connectivity index (χ1v) is 9.16. The number of nitrogens with one attached hydrogen (secondary N) is 2. The van der Waals surface area contributed by atoms with Gasteiger partial charge in [-0.05, 0) is 47.2 Å². The van der Waals surface area contributed by atoms with Gasteiger partial charge in [-0.15, -0.1) is 0 Å². The zero-order valence-corrected chi connectivity index (χ0v) is 16.1. The van der Waals surface area contributed by atoms with Gasteiger partial charge in [0.25, 0.3) is 5.56 Å². The zero-order valence-electron chi connectivity index (χ0n) is 16.1. The normalized spacial score (nSPS) is 10.7. The molecule has 150 valence electrons. The number of hydrogen-bond donors (Lipinski definition) is 2. The van der Waals surface area contributed by atoms with Crippen LogP contribution in [0.3, 0.4) is 0 Å². The maximum absolute atomic E-state index is 12.8. The van der Waals surface area contributed by atoms with Crippen LogP contribution >= 0.6 is 0 Å². The van der Waals surface area contributed by atoms with Gasteiger partial charge >= 0.3 is 6.03 Å². The van der Waals surface area contributed by atoms with Crippen LogP contribution in [-0.4, -0.2) is 28.6 Å². The summed E-state index contributed by atoms with van der Waals surface area (Å²) in [5, 5.41) is 7.04. The lowest BCUT2D eigenvalue weighted by atomic mass is 10.1. The molecule has 0 aliphatic heterocycles. The highest BCUT2D eigenvalue weighted by molar-refractivity contribution is 6.01. The summed E-state index contributed by atoms with van der Waals surface area (Å²) in [4.78, 5) is 41.3. The minimum absolute atomic E-state index is 0.329. The number of hydrogen-bond acceptors (Lipinski definition) is 5. The van der Waals surface area contributed by atoms with E-state index < -0.39 is 11.9 Å². The molecule has 30 heavy (non-hydrogen) atoms. The van der Waals surface area contributed by atoms with Gasteiger partial charge in [0.1, 0.15) is 12.3 Å². The standard InChI is InChI=1S/C22H18N4O4/c1-30-17-8-6-16(7-9-17)24-22(29)25-20(27)12-26-13-23-19-11-15-5-3-2-4-14(15)10-18(19)21(26)28/h2-11,13H,12H2,1H3,(H2,24,25,27,29). The van der Waals surface area contributed by atoms with E-state index in [4.69, 9.17) is 4.74 Å². The highest BCUT2D eigenvalue weighted by atomic mass is 16.5. The van der Waals surface area contributed by atoms with Gasteiger partial charge in [-0.3, -0.25) is 19.5 Å². The highest BCUT2D eigenvalue weighted by Crippen LogP contribution is 2.19. The molecular formula is C22H18N4O4. The van der Waals surface area contributed by atoms with Gasteiger partial charge in [0.2, 0.25) is 5.91 Å². The van der Waals surface area contributed by atoms with Crippen molar-refractivity contribution in [2.75, 3.05) is 12.4 Å². The van der Waals surface area contributed by atoms with Crippen LogP contribution in [0.2, 0.25) is 0 Å². The predicted octanol–water partition coefficient (Wildman–Crippen LogP) is 2.91. The van der Waals surface area contributed by atoms with E-state index in [1.807, 2.05) is 30.3 Å². The van der Waals surface area contributed by atoms with Crippen molar-refractivity contribution in [3.63, 3.8) is 0 Å². The van der Waals surface area contributed by atoms with Crippen molar-refractivity contribution in [3.8, 4) is 5.75 Å². The molecule has 1 aromatic heterocycles. The third-order valence-electron chi connectivity index (χ3n) is 4.61. The fraction of sp³-hybridized carbons (Fsp3) is 0.0909. The van der Waals surface area contributed by atoms with E-state index in [1.54, 1.807) is 37.4 Å². The first-order chi connectivity index (χ1) is 14.5. The van der Waals surface area contributed by atoms with Gasteiger partial charge in [-0.2, -0.15) is 0 Å². The summed E-state index contributed by atoms with van der Waals surface area (Å²) in [6.07, 6.45) is 1.31. The molecular weight excluding hydrogens is 384 g/mol. The van der Waals surface area contributed by atoms with Crippen LogP contribution in [0.15, 0.2) is 71.8 Å². The molecule has 1 heterocycles. The molecule has 0 saturated heterocycles. The van der Waals surface area contributed by atoms with Crippen LogP contribution in [0.4, 0.5) is 10.5 Å². The predicted molar refractivity (Wildman–Crippen MR) is 114 cm³/mol. The summed E-state index contributed by atoms with van der Waals surface area (Å²) in [6, 6.07) is 17.2. The molecule has 0 unspecified atom stereocenters. The first-order valence-electron chi connectivity index (χ1n) is 9.16. The van der Waals surface area contributed by atoms with Crippen LogP contribution in [0, 0.1) is 0 Å². The minimum Gasteiger partial charge on any atom is -0.497 e. The Hall–Kier alpha value is -4.20. The van der Waals surface area contributed by atoms with Crippen LogP contribution < -0.4 is 20.9 Å². The van der Waals surface area contributed by atoms with Crippen LogP contribution in [0.25, 0.3) is 21.7 Å². The molecule has 0 aliphatic rings. The van der Waals surface area contributed by atoms with Crippen molar-refractivity contribution in [1.29, 1.82) is 0 Å². The van der Waals surface area contributed by atoms with Crippen molar-refractivity contribution in [2.45, 2.75) is 6.54 Å². The van der Waals surface area contributed by atoms with Crippen molar-refractivity contribution in [2.24, 2.45) is 0 Å². The van der Waals surface area contributed by atoms with Gasteiger partial charge in [-0.25, -0.2) is 9.78 Å². The number of aromatic nitrogens is 2. The number of amides is 3. The van der Waals surface area contributed by atoms with Gasteiger partial charge in [0.05, 0.1) is 24.3 Å². The number of carbonyl (C=O) groups is 2. The number of rotatable bonds is 4. The number of imide groups is 1. The average Bonchev–Trinajstić information content (AvgIpc) is 2.75. The summed E-state index contributed by atoms with van der Waals surface area (Å²) in [5.74, 6) is 0.0121.